The number of rotatable bonds is 6. The molecule has 0 aliphatic carbocycles. The van der Waals surface area contributed by atoms with Crippen LogP contribution in [0, 0.1) is 0 Å². The van der Waals surface area contributed by atoms with Crippen molar-refractivity contribution in [2.75, 3.05) is 6.61 Å². The van der Waals surface area contributed by atoms with Crippen molar-refractivity contribution in [3.63, 3.8) is 0 Å². The first-order valence-corrected chi connectivity index (χ1v) is 6.99. The monoisotopic (exact) mass is 327 g/mol. The number of nitrogens with zero attached hydrogens (tertiary/aromatic N) is 1. The average Bonchev–Trinajstić information content (AvgIpc) is 3.02. The van der Waals surface area contributed by atoms with Gasteiger partial charge in [0.15, 0.2) is 0 Å². The third-order valence-electron chi connectivity index (χ3n) is 3.07. The van der Waals surface area contributed by atoms with Gasteiger partial charge in [0.2, 0.25) is 0 Å². The van der Waals surface area contributed by atoms with E-state index in [1.165, 1.54) is 12.1 Å². The zero-order valence-corrected chi connectivity index (χ0v) is 12.2. The summed E-state index contributed by atoms with van der Waals surface area (Å²) in [6.07, 6.45) is -0.485. The first kappa shape index (κ1) is 16.9. The molecule has 0 fully saturated rings. The van der Waals surface area contributed by atoms with E-state index in [4.69, 9.17) is 4.74 Å². The number of aromatic nitrogens is 2. The minimum atomic E-state index is -4.40. The summed E-state index contributed by atoms with van der Waals surface area (Å²) in [5.74, 6) is 0. The maximum Gasteiger partial charge on any atom is 0.416 e. The molecule has 23 heavy (non-hydrogen) atoms. The SMILES string of the molecule is O=C(NCc1cccc(C(F)(F)F)c1)OCCCc1cnc[nH]1. The summed E-state index contributed by atoms with van der Waals surface area (Å²) in [4.78, 5) is 18.3. The van der Waals surface area contributed by atoms with E-state index in [1.807, 2.05) is 0 Å². The van der Waals surface area contributed by atoms with Gasteiger partial charge in [0.25, 0.3) is 0 Å². The van der Waals surface area contributed by atoms with E-state index in [-0.39, 0.29) is 13.2 Å². The average molecular weight is 327 g/mol. The van der Waals surface area contributed by atoms with Gasteiger partial charge in [-0.15, -0.1) is 0 Å². The van der Waals surface area contributed by atoms with E-state index in [0.717, 1.165) is 17.8 Å². The second-order valence-electron chi connectivity index (χ2n) is 4.87. The fourth-order valence-electron chi connectivity index (χ4n) is 1.93. The van der Waals surface area contributed by atoms with Gasteiger partial charge < -0.3 is 15.0 Å². The van der Waals surface area contributed by atoms with E-state index in [0.29, 0.717) is 18.4 Å². The largest absolute Gasteiger partial charge is 0.450 e. The molecule has 1 amide bonds. The number of hydrogen-bond acceptors (Lipinski definition) is 3. The smallest absolute Gasteiger partial charge is 0.416 e. The molecule has 5 nitrogen and oxygen atoms in total. The van der Waals surface area contributed by atoms with Crippen LogP contribution in [0.3, 0.4) is 0 Å². The van der Waals surface area contributed by atoms with Crippen LogP contribution in [-0.4, -0.2) is 22.7 Å². The minimum Gasteiger partial charge on any atom is -0.450 e. The van der Waals surface area contributed by atoms with Crippen LogP contribution in [0.2, 0.25) is 0 Å². The van der Waals surface area contributed by atoms with Gasteiger partial charge in [-0.05, 0) is 30.5 Å². The van der Waals surface area contributed by atoms with Crippen molar-refractivity contribution in [3.8, 4) is 0 Å². The number of hydrogen-bond donors (Lipinski definition) is 2. The molecule has 1 aromatic carbocycles. The fraction of sp³-hybridized carbons (Fsp3) is 0.333. The second kappa shape index (κ2) is 7.66. The van der Waals surface area contributed by atoms with Gasteiger partial charge in [0, 0.05) is 18.4 Å². The van der Waals surface area contributed by atoms with Gasteiger partial charge in [-0.25, -0.2) is 9.78 Å². The number of H-pyrrole nitrogens is 1. The van der Waals surface area contributed by atoms with Crippen LogP contribution >= 0.6 is 0 Å². The summed E-state index contributed by atoms with van der Waals surface area (Å²) in [6, 6.07) is 4.79. The molecule has 124 valence electrons. The van der Waals surface area contributed by atoms with Crippen molar-refractivity contribution in [3.05, 3.63) is 53.6 Å². The van der Waals surface area contributed by atoms with Gasteiger partial charge in [-0.2, -0.15) is 13.2 Å². The molecule has 0 radical (unpaired) electrons. The summed E-state index contributed by atoms with van der Waals surface area (Å²) >= 11 is 0. The van der Waals surface area contributed by atoms with Gasteiger partial charge >= 0.3 is 12.3 Å². The number of alkyl halides is 3. The van der Waals surface area contributed by atoms with Crippen LogP contribution in [0.5, 0.6) is 0 Å². The number of imidazole rings is 1. The summed E-state index contributed by atoms with van der Waals surface area (Å²) in [5.41, 5.74) is 0.553. The van der Waals surface area contributed by atoms with E-state index >= 15 is 0 Å². The molecule has 8 heteroatoms. The highest BCUT2D eigenvalue weighted by atomic mass is 19.4. The van der Waals surface area contributed by atoms with Gasteiger partial charge in [0.1, 0.15) is 0 Å². The predicted octanol–water partition coefficient (Wildman–Crippen LogP) is 3.29. The molecule has 1 aromatic heterocycles. The van der Waals surface area contributed by atoms with E-state index < -0.39 is 17.8 Å². The molecule has 0 atom stereocenters. The van der Waals surface area contributed by atoms with Crippen molar-refractivity contribution in [2.24, 2.45) is 0 Å². The van der Waals surface area contributed by atoms with Crippen molar-refractivity contribution in [2.45, 2.75) is 25.6 Å². The number of amides is 1. The molecule has 2 aromatic rings. The Morgan fingerprint density at radius 3 is 2.87 bits per heavy atom. The molecule has 0 saturated carbocycles. The van der Waals surface area contributed by atoms with E-state index in [2.05, 4.69) is 15.3 Å². The van der Waals surface area contributed by atoms with Crippen LogP contribution in [0.4, 0.5) is 18.0 Å². The quantitative estimate of drug-likeness (QED) is 0.800. The summed E-state index contributed by atoms with van der Waals surface area (Å²) in [6.45, 7) is 0.191. The topological polar surface area (TPSA) is 67.0 Å². The summed E-state index contributed by atoms with van der Waals surface area (Å²) in [5, 5.41) is 2.42. The lowest BCUT2D eigenvalue weighted by molar-refractivity contribution is -0.137. The van der Waals surface area contributed by atoms with Crippen LogP contribution in [0.25, 0.3) is 0 Å². The first-order valence-electron chi connectivity index (χ1n) is 6.99. The summed E-state index contributed by atoms with van der Waals surface area (Å²) < 4.78 is 42.7. The zero-order valence-electron chi connectivity index (χ0n) is 12.2. The minimum absolute atomic E-state index is 0.0245. The zero-order chi connectivity index (χ0) is 16.7. The Bertz CT molecular complexity index is 627. The Morgan fingerprint density at radius 2 is 2.17 bits per heavy atom. The third kappa shape index (κ3) is 5.65. The molecule has 0 aliphatic heterocycles. The molecule has 1 heterocycles. The van der Waals surface area contributed by atoms with Crippen LogP contribution in [-0.2, 0) is 23.9 Å². The molecule has 0 saturated heterocycles. The number of aryl methyl sites for hydroxylation is 1. The fourth-order valence-corrected chi connectivity index (χ4v) is 1.93. The first-order chi connectivity index (χ1) is 10.9. The predicted molar refractivity (Wildman–Crippen MR) is 76.5 cm³/mol. The molecule has 0 unspecified atom stereocenters. The van der Waals surface area contributed by atoms with Crippen LogP contribution in [0.1, 0.15) is 23.2 Å². The number of alkyl carbamates (subject to hydrolysis) is 1. The van der Waals surface area contributed by atoms with Crippen molar-refractivity contribution >= 4 is 6.09 Å². The lowest BCUT2D eigenvalue weighted by atomic mass is 10.1. The van der Waals surface area contributed by atoms with Gasteiger partial charge in [0.05, 0.1) is 18.5 Å². The maximum atomic E-state index is 12.6. The highest BCUT2D eigenvalue weighted by Crippen LogP contribution is 2.29. The number of benzene rings is 1. The molecule has 2 N–H and O–H groups in total. The molecular weight excluding hydrogens is 311 g/mol. The molecule has 2 rings (SSSR count). The van der Waals surface area contributed by atoms with Gasteiger partial charge in [-0.1, -0.05) is 12.1 Å². The maximum absolute atomic E-state index is 12.6. The second-order valence-corrected chi connectivity index (χ2v) is 4.87. The Hall–Kier alpha value is -2.51. The Morgan fingerprint density at radius 1 is 1.35 bits per heavy atom. The number of carbonyl (C=O) groups is 1. The van der Waals surface area contributed by atoms with Crippen LogP contribution < -0.4 is 5.32 Å². The molecule has 0 aliphatic rings. The molecule has 0 spiro atoms. The lowest BCUT2D eigenvalue weighted by Gasteiger charge is -2.10. The number of ether oxygens (including phenoxy) is 1. The Kier molecular flexibility index (Phi) is 5.61. The van der Waals surface area contributed by atoms with Crippen molar-refractivity contribution in [1.82, 2.24) is 15.3 Å². The number of carbonyl (C=O) groups excluding carboxylic acids is 1. The van der Waals surface area contributed by atoms with Crippen molar-refractivity contribution in [1.29, 1.82) is 0 Å². The van der Waals surface area contributed by atoms with E-state index in [1.54, 1.807) is 12.5 Å². The normalized spacial score (nSPS) is 11.3. The lowest BCUT2D eigenvalue weighted by Crippen LogP contribution is -2.24. The highest BCUT2D eigenvalue weighted by Gasteiger charge is 2.30. The standard InChI is InChI=1S/C15H16F3N3O2/c16-15(17,18)12-4-1-3-11(7-12)8-20-14(22)23-6-2-5-13-9-19-10-21-13/h1,3-4,7,9-10H,2,5-6,8H2,(H,19,21)(H,20,22). The van der Waals surface area contributed by atoms with Gasteiger partial charge in [-0.3, -0.25) is 0 Å². The number of halogens is 3. The van der Waals surface area contributed by atoms with E-state index in [9.17, 15) is 18.0 Å². The Balaban J connectivity index is 1.70. The number of nitrogens with one attached hydrogen (secondary N) is 2. The summed E-state index contributed by atoms with van der Waals surface area (Å²) in [7, 11) is 0. The third-order valence-corrected chi connectivity index (χ3v) is 3.07. The highest BCUT2D eigenvalue weighted by molar-refractivity contribution is 5.67. The van der Waals surface area contributed by atoms with Crippen molar-refractivity contribution < 1.29 is 22.7 Å². The molecule has 0 bridgehead atoms. The van der Waals surface area contributed by atoms with Crippen LogP contribution in [0.15, 0.2) is 36.8 Å². The molecular formula is C15H16F3N3O2. The number of aromatic amines is 1. The Labute approximate surface area is 130 Å².